The van der Waals surface area contributed by atoms with E-state index in [9.17, 15) is 0 Å². The molecule has 1 saturated heterocycles. The summed E-state index contributed by atoms with van der Waals surface area (Å²) in [6.45, 7) is 4.15. The van der Waals surface area contributed by atoms with Crippen LogP contribution < -0.4 is 4.74 Å². The molecule has 3 aromatic carbocycles. The lowest BCUT2D eigenvalue weighted by molar-refractivity contribution is 0.238. The zero-order chi connectivity index (χ0) is 21.3. The number of halogens is 1. The molecular weight excluding hydrogens is 402 g/mol. The Bertz CT molecular complexity index is 961. The van der Waals surface area contributed by atoms with E-state index in [4.69, 9.17) is 16.3 Å². The van der Waals surface area contributed by atoms with Crippen molar-refractivity contribution in [1.29, 1.82) is 0 Å². The normalized spacial score (nSPS) is 15.0. The van der Waals surface area contributed by atoms with Crippen molar-refractivity contribution in [1.82, 2.24) is 4.90 Å². The lowest BCUT2D eigenvalue weighted by atomic mass is 9.88. The Kier molecular flexibility index (Phi) is 7.81. The summed E-state index contributed by atoms with van der Waals surface area (Å²) < 4.78 is 6.02. The van der Waals surface area contributed by atoms with Crippen LogP contribution in [-0.4, -0.2) is 37.0 Å². The van der Waals surface area contributed by atoms with Gasteiger partial charge in [-0.05, 0) is 72.3 Å². The standard InChI is InChI=1S/C28H30ClNO/c29-18-17-27(23-9-3-1-4-10-23)28(24-11-5-2-6-12-24)25-13-15-26(16-14-25)31-22-21-30-19-7-8-20-30/h1-6,9-16H,7-8,17-22H2/b28-27+. The second-order valence-electron chi connectivity index (χ2n) is 7.95. The van der Waals surface area contributed by atoms with Crippen LogP contribution in [0.5, 0.6) is 5.75 Å². The highest BCUT2D eigenvalue weighted by molar-refractivity contribution is 6.18. The first-order valence-corrected chi connectivity index (χ1v) is 11.7. The molecule has 0 atom stereocenters. The first-order valence-electron chi connectivity index (χ1n) is 11.2. The zero-order valence-corrected chi connectivity index (χ0v) is 18.7. The van der Waals surface area contributed by atoms with Crippen LogP contribution >= 0.6 is 11.6 Å². The number of benzene rings is 3. The van der Waals surface area contributed by atoms with Gasteiger partial charge in [0, 0.05) is 12.4 Å². The van der Waals surface area contributed by atoms with E-state index >= 15 is 0 Å². The van der Waals surface area contributed by atoms with E-state index in [2.05, 4.69) is 89.8 Å². The van der Waals surface area contributed by atoms with Crippen molar-refractivity contribution in [2.75, 3.05) is 32.1 Å². The maximum absolute atomic E-state index is 6.24. The van der Waals surface area contributed by atoms with Crippen LogP contribution in [0.1, 0.15) is 36.0 Å². The minimum atomic E-state index is 0.582. The third-order valence-corrected chi connectivity index (χ3v) is 6.04. The Balaban J connectivity index is 1.62. The molecule has 0 bridgehead atoms. The van der Waals surface area contributed by atoms with E-state index in [1.807, 2.05) is 0 Å². The summed E-state index contributed by atoms with van der Waals surface area (Å²) in [4.78, 5) is 2.48. The minimum absolute atomic E-state index is 0.582. The van der Waals surface area contributed by atoms with Crippen LogP contribution in [-0.2, 0) is 0 Å². The summed E-state index contributed by atoms with van der Waals surface area (Å²) in [5.41, 5.74) is 6.10. The number of rotatable bonds is 9. The average molecular weight is 432 g/mol. The molecule has 1 fully saturated rings. The van der Waals surface area contributed by atoms with Gasteiger partial charge >= 0.3 is 0 Å². The molecule has 1 aliphatic rings. The molecule has 0 aromatic heterocycles. The van der Waals surface area contributed by atoms with Crippen molar-refractivity contribution in [3.05, 3.63) is 102 Å². The molecule has 0 aliphatic carbocycles. The van der Waals surface area contributed by atoms with Gasteiger partial charge in [0.15, 0.2) is 0 Å². The van der Waals surface area contributed by atoms with E-state index in [0.717, 1.165) is 25.3 Å². The monoisotopic (exact) mass is 431 g/mol. The van der Waals surface area contributed by atoms with Crippen molar-refractivity contribution in [3.63, 3.8) is 0 Å². The number of ether oxygens (including phenoxy) is 1. The SMILES string of the molecule is ClCC/C(=C(/c1ccccc1)c1ccc(OCCN2CCCC2)cc1)c1ccccc1. The third kappa shape index (κ3) is 5.78. The van der Waals surface area contributed by atoms with Crippen LogP contribution in [0.4, 0.5) is 0 Å². The lowest BCUT2D eigenvalue weighted by Gasteiger charge is -2.18. The summed E-state index contributed by atoms with van der Waals surface area (Å²) in [5.74, 6) is 1.51. The van der Waals surface area contributed by atoms with Crippen molar-refractivity contribution in [2.24, 2.45) is 0 Å². The molecule has 160 valence electrons. The molecule has 3 aromatic rings. The number of alkyl halides is 1. The quantitative estimate of drug-likeness (QED) is 0.274. The van der Waals surface area contributed by atoms with Crippen LogP contribution in [0.15, 0.2) is 84.9 Å². The summed E-state index contributed by atoms with van der Waals surface area (Å²) in [5, 5.41) is 0. The largest absolute Gasteiger partial charge is 0.492 e. The summed E-state index contributed by atoms with van der Waals surface area (Å²) in [6, 6.07) is 29.7. The Morgan fingerprint density at radius 2 is 1.32 bits per heavy atom. The fourth-order valence-electron chi connectivity index (χ4n) is 4.28. The number of allylic oxidation sites excluding steroid dienone is 1. The number of hydrogen-bond acceptors (Lipinski definition) is 2. The molecular formula is C28H30ClNO. The van der Waals surface area contributed by atoms with Gasteiger partial charge in [-0.2, -0.15) is 0 Å². The Hall–Kier alpha value is -2.55. The molecule has 0 unspecified atom stereocenters. The number of nitrogens with zero attached hydrogens (tertiary/aromatic N) is 1. The fraction of sp³-hybridized carbons (Fsp3) is 0.286. The van der Waals surface area contributed by atoms with Gasteiger partial charge in [0.2, 0.25) is 0 Å². The second-order valence-corrected chi connectivity index (χ2v) is 8.32. The van der Waals surface area contributed by atoms with Gasteiger partial charge in [0.1, 0.15) is 12.4 Å². The number of likely N-dealkylation sites (tertiary alicyclic amines) is 1. The molecule has 4 rings (SSSR count). The molecule has 0 N–H and O–H groups in total. The highest BCUT2D eigenvalue weighted by Gasteiger charge is 2.14. The Labute approximate surface area is 191 Å². The molecule has 0 spiro atoms. The molecule has 0 saturated carbocycles. The van der Waals surface area contributed by atoms with Gasteiger partial charge in [-0.25, -0.2) is 0 Å². The average Bonchev–Trinajstić information content (AvgIpc) is 3.35. The van der Waals surface area contributed by atoms with E-state index < -0.39 is 0 Å². The number of hydrogen-bond donors (Lipinski definition) is 0. The van der Waals surface area contributed by atoms with Gasteiger partial charge in [-0.1, -0.05) is 72.8 Å². The smallest absolute Gasteiger partial charge is 0.119 e. The summed E-state index contributed by atoms with van der Waals surface area (Å²) in [7, 11) is 0. The minimum Gasteiger partial charge on any atom is -0.492 e. The molecule has 31 heavy (non-hydrogen) atoms. The topological polar surface area (TPSA) is 12.5 Å². The molecule has 1 heterocycles. The van der Waals surface area contributed by atoms with Crippen LogP contribution in [0.3, 0.4) is 0 Å². The predicted molar refractivity (Wildman–Crippen MR) is 132 cm³/mol. The summed E-state index contributed by atoms with van der Waals surface area (Å²) in [6.07, 6.45) is 3.44. The molecule has 0 amide bonds. The van der Waals surface area contributed by atoms with E-state index in [0.29, 0.717) is 5.88 Å². The second kappa shape index (κ2) is 11.2. The molecule has 2 nitrogen and oxygen atoms in total. The molecule has 3 heteroatoms. The highest BCUT2D eigenvalue weighted by Crippen LogP contribution is 2.35. The van der Waals surface area contributed by atoms with Crippen LogP contribution in [0, 0.1) is 0 Å². The van der Waals surface area contributed by atoms with Crippen LogP contribution in [0.2, 0.25) is 0 Å². The van der Waals surface area contributed by atoms with Crippen molar-refractivity contribution >= 4 is 22.7 Å². The van der Waals surface area contributed by atoms with Gasteiger partial charge in [-0.15, -0.1) is 11.6 Å². The Morgan fingerprint density at radius 3 is 1.94 bits per heavy atom. The van der Waals surface area contributed by atoms with E-state index in [1.54, 1.807) is 0 Å². The third-order valence-electron chi connectivity index (χ3n) is 5.85. The van der Waals surface area contributed by atoms with Crippen LogP contribution in [0.25, 0.3) is 11.1 Å². The van der Waals surface area contributed by atoms with Gasteiger partial charge in [-0.3, -0.25) is 4.90 Å². The molecule has 1 aliphatic heterocycles. The summed E-state index contributed by atoms with van der Waals surface area (Å²) >= 11 is 6.24. The van der Waals surface area contributed by atoms with Crippen molar-refractivity contribution in [2.45, 2.75) is 19.3 Å². The first-order chi connectivity index (χ1) is 15.3. The molecule has 0 radical (unpaired) electrons. The van der Waals surface area contributed by atoms with Crippen molar-refractivity contribution < 1.29 is 4.74 Å². The predicted octanol–water partition coefficient (Wildman–Crippen LogP) is 6.75. The Morgan fingerprint density at radius 1 is 0.742 bits per heavy atom. The maximum Gasteiger partial charge on any atom is 0.119 e. The maximum atomic E-state index is 6.24. The highest BCUT2D eigenvalue weighted by atomic mass is 35.5. The zero-order valence-electron chi connectivity index (χ0n) is 18.0. The van der Waals surface area contributed by atoms with E-state index in [1.165, 1.54) is 53.8 Å². The van der Waals surface area contributed by atoms with Gasteiger partial charge < -0.3 is 4.74 Å². The van der Waals surface area contributed by atoms with Gasteiger partial charge in [0.25, 0.3) is 0 Å². The lowest BCUT2D eigenvalue weighted by Crippen LogP contribution is -2.25. The first kappa shape index (κ1) is 21.7. The van der Waals surface area contributed by atoms with E-state index in [-0.39, 0.29) is 0 Å². The fourth-order valence-corrected chi connectivity index (χ4v) is 4.47. The van der Waals surface area contributed by atoms with Crippen molar-refractivity contribution in [3.8, 4) is 5.75 Å². The van der Waals surface area contributed by atoms with Gasteiger partial charge in [0.05, 0.1) is 0 Å².